The van der Waals surface area contributed by atoms with Gasteiger partial charge < -0.3 is 0 Å². The Hall–Kier alpha value is -3.00. The van der Waals surface area contributed by atoms with Crippen LogP contribution in [0.3, 0.4) is 0 Å². The number of hydrogen-bond acceptors (Lipinski definition) is 2. The number of para-hydroxylation sites is 2. The third-order valence-corrected chi connectivity index (χ3v) is 3.66. The molecule has 0 radical (unpaired) electrons. The summed E-state index contributed by atoms with van der Waals surface area (Å²) in [4.78, 5) is 9.28. The van der Waals surface area contributed by atoms with Crippen LogP contribution in [0.4, 0.5) is 0 Å². The van der Waals surface area contributed by atoms with E-state index in [4.69, 9.17) is 0 Å². The molecule has 2 heterocycles. The molecule has 2 nitrogen and oxygen atoms in total. The van der Waals surface area contributed by atoms with Crippen LogP contribution in [-0.4, -0.2) is 9.97 Å². The fourth-order valence-electron chi connectivity index (χ4n) is 2.52. The van der Waals surface area contributed by atoms with Crippen molar-refractivity contribution >= 4 is 34.0 Å². The molecule has 0 unspecified atom stereocenters. The van der Waals surface area contributed by atoms with Gasteiger partial charge in [-0.3, -0.25) is 0 Å². The van der Waals surface area contributed by atoms with E-state index in [1.165, 1.54) is 0 Å². The van der Waals surface area contributed by atoms with Gasteiger partial charge in [0.05, 0.1) is 22.4 Å². The van der Waals surface area contributed by atoms with Gasteiger partial charge in [0.25, 0.3) is 0 Å². The molecular formula is C20H14N2. The van der Waals surface area contributed by atoms with Crippen molar-refractivity contribution in [2.75, 3.05) is 0 Å². The molecule has 0 aliphatic heterocycles. The lowest BCUT2D eigenvalue weighted by molar-refractivity contribution is 1.36. The lowest BCUT2D eigenvalue weighted by Crippen LogP contribution is -1.84. The molecule has 4 rings (SSSR count). The quantitative estimate of drug-likeness (QED) is 0.519. The van der Waals surface area contributed by atoms with Gasteiger partial charge in [-0.05, 0) is 36.4 Å². The van der Waals surface area contributed by atoms with Crippen LogP contribution < -0.4 is 0 Å². The third-order valence-electron chi connectivity index (χ3n) is 3.66. The van der Waals surface area contributed by atoms with E-state index in [9.17, 15) is 0 Å². The fourth-order valence-corrected chi connectivity index (χ4v) is 2.52. The summed E-state index contributed by atoms with van der Waals surface area (Å²) in [6.07, 6.45) is 4.01. The molecule has 0 aliphatic carbocycles. The fraction of sp³-hybridized carbons (Fsp3) is 0. The Morgan fingerprint density at radius 3 is 1.45 bits per heavy atom. The molecule has 22 heavy (non-hydrogen) atoms. The highest BCUT2D eigenvalue weighted by Crippen LogP contribution is 2.15. The summed E-state index contributed by atoms with van der Waals surface area (Å²) < 4.78 is 0. The van der Waals surface area contributed by atoms with E-state index in [0.717, 1.165) is 33.2 Å². The molecule has 0 N–H and O–H groups in total. The normalized spacial score (nSPS) is 11.5. The van der Waals surface area contributed by atoms with Crippen molar-refractivity contribution in [3.63, 3.8) is 0 Å². The molecule has 2 heteroatoms. The van der Waals surface area contributed by atoms with Gasteiger partial charge in [0.15, 0.2) is 0 Å². The van der Waals surface area contributed by atoms with Crippen LogP contribution in [0, 0.1) is 0 Å². The maximum absolute atomic E-state index is 4.64. The smallest absolute Gasteiger partial charge is 0.0709 e. The van der Waals surface area contributed by atoms with Crippen molar-refractivity contribution in [1.82, 2.24) is 9.97 Å². The minimum absolute atomic E-state index is 0.939. The molecule has 0 fully saturated rings. The average molecular weight is 282 g/mol. The number of benzene rings is 2. The maximum Gasteiger partial charge on any atom is 0.0709 e. The summed E-state index contributed by atoms with van der Waals surface area (Å²) in [5.74, 6) is 0. The minimum atomic E-state index is 0.939. The molecule has 0 saturated heterocycles. The monoisotopic (exact) mass is 282 g/mol. The third kappa shape index (κ3) is 2.47. The van der Waals surface area contributed by atoms with Crippen molar-refractivity contribution < 1.29 is 0 Å². The first-order chi connectivity index (χ1) is 10.9. The Bertz CT molecular complexity index is 905. The van der Waals surface area contributed by atoms with Gasteiger partial charge in [0.1, 0.15) is 0 Å². The van der Waals surface area contributed by atoms with Crippen molar-refractivity contribution in [3.8, 4) is 0 Å². The highest BCUT2D eigenvalue weighted by Gasteiger charge is 1.97. The zero-order valence-electron chi connectivity index (χ0n) is 12.0. The predicted molar refractivity (Wildman–Crippen MR) is 92.4 cm³/mol. The van der Waals surface area contributed by atoms with Crippen molar-refractivity contribution in [2.45, 2.75) is 0 Å². The molecule has 0 spiro atoms. The number of aromatic nitrogens is 2. The second kappa shape index (κ2) is 5.41. The Morgan fingerprint density at radius 1 is 0.500 bits per heavy atom. The Morgan fingerprint density at radius 2 is 0.955 bits per heavy atom. The van der Waals surface area contributed by atoms with Crippen molar-refractivity contribution in [2.24, 2.45) is 0 Å². The summed E-state index contributed by atoms with van der Waals surface area (Å²) in [6, 6.07) is 24.5. The van der Waals surface area contributed by atoms with Crippen LogP contribution in [0.2, 0.25) is 0 Å². The Kier molecular flexibility index (Phi) is 3.13. The Balaban J connectivity index is 1.68. The first-order valence-corrected chi connectivity index (χ1v) is 7.28. The Labute approximate surface area is 128 Å². The van der Waals surface area contributed by atoms with Gasteiger partial charge >= 0.3 is 0 Å². The predicted octanol–water partition coefficient (Wildman–Crippen LogP) is 4.95. The second-order valence-electron chi connectivity index (χ2n) is 5.19. The molecule has 0 saturated carbocycles. The average Bonchev–Trinajstić information content (AvgIpc) is 2.59. The van der Waals surface area contributed by atoms with Crippen LogP contribution >= 0.6 is 0 Å². The highest BCUT2D eigenvalue weighted by molar-refractivity contribution is 5.82. The van der Waals surface area contributed by atoms with E-state index in [2.05, 4.69) is 34.2 Å². The highest BCUT2D eigenvalue weighted by atomic mass is 14.7. The summed E-state index contributed by atoms with van der Waals surface area (Å²) in [5.41, 5.74) is 3.90. The van der Waals surface area contributed by atoms with Crippen molar-refractivity contribution in [3.05, 3.63) is 84.2 Å². The summed E-state index contributed by atoms with van der Waals surface area (Å²) in [5, 5.41) is 2.31. The second-order valence-corrected chi connectivity index (χ2v) is 5.19. The van der Waals surface area contributed by atoms with Gasteiger partial charge in [-0.15, -0.1) is 0 Å². The van der Waals surface area contributed by atoms with Gasteiger partial charge in [0, 0.05) is 10.8 Å². The SMILES string of the molecule is C(=Cc1ccc2ccccc2n1)c1ccc2ccccc2n1. The molecule has 0 bridgehead atoms. The van der Waals surface area contributed by atoms with Gasteiger partial charge in [-0.2, -0.15) is 0 Å². The zero-order valence-corrected chi connectivity index (χ0v) is 12.0. The van der Waals surface area contributed by atoms with Gasteiger partial charge in [0.2, 0.25) is 0 Å². The first-order valence-electron chi connectivity index (χ1n) is 7.28. The van der Waals surface area contributed by atoms with E-state index in [1.54, 1.807) is 0 Å². The number of rotatable bonds is 2. The van der Waals surface area contributed by atoms with Gasteiger partial charge in [-0.25, -0.2) is 9.97 Å². The van der Waals surface area contributed by atoms with E-state index >= 15 is 0 Å². The van der Waals surface area contributed by atoms with Crippen LogP contribution in [0.1, 0.15) is 11.4 Å². The lowest BCUT2D eigenvalue weighted by atomic mass is 10.2. The summed E-state index contributed by atoms with van der Waals surface area (Å²) in [6.45, 7) is 0. The molecular weight excluding hydrogens is 268 g/mol. The molecule has 2 aromatic carbocycles. The molecule has 104 valence electrons. The maximum atomic E-state index is 4.64. The molecule has 2 aromatic heterocycles. The lowest BCUT2D eigenvalue weighted by Gasteiger charge is -2.00. The summed E-state index contributed by atoms with van der Waals surface area (Å²) >= 11 is 0. The standard InChI is InChI=1S/C20H14N2/c1-3-7-19-15(5-1)9-11-17(21-19)13-14-18-12-10-16-6-2-4-8-20(16)22-18/h1-14H. The largest absolute Gasteiger partial charge is 0.248 e. The minimum Gasteiger partial charge on any atom is -0.248 e. The zero-order chi connectivity index (χ0) is 14.8. The van der Waals surface area contributed by atoms with E-state index in [0.29, 0.717) is 0 Å². The van der Waals surface area contributed by atoms with Crippen LogP contribution in [-0.2, 0) is 0 Å². The van der Waals surface area contributed by atoms with Crippen LogP contribution in [0.15, 0.2) is 72.8 Å². The van der Waals surface area contributed by atoms with E-state index in [-0.39, 0.29) is 0 Å². The molecule has 0 atom stereocenters. The van der Waals surface area contributed by atoms with Crippen LogP contribution in [0.5, 0.6) is 0 Å². The number of fused-ring (bicyclic) bond motifs is 2. The topological polar surface area (TPSA) is 25.8 Å². The number of nitrogens with zero attached hydrogens (tertiary/aromatic N) is 2. The number of hydrogen-bond donors (Lipinski definition) is 0. The van der Waals surface area contributed by atoms with Crippen molar-refractivity contribution in [1.29, 1.82) is 0 Å². The van der Waals surface area contributed by atoms with E-state index in [1.807, 2.05) is 60.7 Å². The first kappa shape index (κ1) is 12.7. The molecule has 4 aromatic rings. The molecule has 0 amide bonds. The number of pyridine rings is 2. The van der Waals surface area contributed by atoms with E-state index < -0.39 is 0 Å². The molecule has 0 aliphatic rings. The summed E-state index contributed by atoms with van der Waals surface area (Å²) in [7, 11) is 0. The van der Waals surface area contributed by atoms with Gasteiger partial charge in [-0.1, -0.05) is 48.5 Å². The van der Waals surface area contributed by atoms with Crippen LogP contribution in [0.25, 0.3) is 34.0 Å².